The molecule has 88 valence electrons. The van der Waals surface area contributed by atoms with Crippen molar-refractivity contribution in [1.82, 2.24) is 4.98 Å². The molecule has 0 N–H and O–H groups in total. The van der Waals surface area contributed by atoms with E-state index in [2.05, 4.69) is 9.72 Å². The number of esters is 1. The second-order valence-corrected chi connectivity index (χ2v) is 3.06. The fourth-order valence-corrected chi connectivity index (χ4v) is 1.31. The smallest absolute Gasteiger partial charge is 0.341 e. The number of ether oxygens (including phenoxy) is 1. The van der Waals surface area contributed by atoms with Crippen molar-refractivity contribution in [2.45, 2.75) is 13.3 Å². The molecule has 0 aliphatic heterocycles. The number of carbonyl (C=O) groups excluding carboxylic acids is 1. The Morgan fingerprint density at radius 3 is 2.75 bits per heavy atom. The van der Waals surface area contributed by atoms with Gasteiger partial charge in [-0.15, -0.1) is 0 Å². The first-order chi connectivity index (χ1) is 7.49. The van der Waals surface area contributed by atoms with E-state index in [0.717, 1.165) is 0 Å². The van der Waals surface area contributed by atoms with Gasteiger partial charge in [-0.05, 0) is 6.92 Å². The predicted octanol–water partition coefficient (Wildman–Crippen LogP) is 2.99. The topological polar surface area (TPSA) is 39.2 Å². The van der Waals surface area contributed by atoms with Gasteiger partial charge in [-0.25, -0.2) is 22.9 Å². The third-order valence-corrected chi connectivity index (χ3v) is 2.02. The summed E-state index contributed by atoms with van der Waals surface area (Å²) in [5.41, 5.74) is -1.81. The number of pyridine rings is 1. The molecule has 3 nitrogen and oxygen atoms in total. The Morgan fingerprint density at radius 1 is 1.62 bits per heavy atom. The Morgan fingerprint density at radius 2 is 2.25 bits per heavy atom. The Hall–Kier alpha value is -1.30. The third kappa shape index (κ3) is 2.44. The van der Waals surface area contributed by atoms with E-state index in [4.69, 9.17) is 11.6 Å². The zero-order chi connectivity index (χ0) is 12.3. The molecule has 0 spiro atoms. The number of hydrogen-bond acceptors (Lipinski definition) is 3. The number of halogens is 4. The van der Waals surface area contributed by atoms with Gasteiger partial charge in [0.1, 0.15) is 10.7 Å². The molecular weight excluding hydrogens is 247 g/mol. The van der Waals surface area contributed by atoms with E-state index in [1.165, 1.54) is 6.92 Å². The van der Waals surface area contributed by atoms with Crippen LogP contribution in [0.1, 0.15) is 29.3 Å². The maximum absolute atomic E-state index is 13.2. The summed E-state index contributed by atoms with van der Waals surface area (Å²) in [6.07, 6.45) is -2.50. The molecule has 0 aliphatic carbocycles. The van der Waals surface area contributed by atoms with Gasteiger partial charge in [-0.3, -0.25) is 0 Å². The van der Waals surface area contributed by atoms with Crippen LogP contribution in [-0.2, 0) is 4.74 Å². The van der Waals surface area contributed by atoms with Gasteiger partial charge in [-0.2, -0.15) is 0 Å². The quantitative estimate of drug-likeness (QED) is 0.614. The van der Waals surface area contributed by atoms with Crippen LogP contribution in [0.15, 0.2) is 6.20 Å². The van der Waals surface area contributed by atoms with E-state index < -0.39 is 34.5 Å². The molecule has 0 fully saturated rings. The Bertz CT molecular complexity index is 412. The summed E-state index contributed by atoms with van der Waals surface area (Å²) < 4.78 is 42.8. The van der Waals surface area contributed by atoms with Crippen molar-refractivity contribution in [2.75, 3.05) is 6.61 Å². The number of rotatable bonds is 3. The van der Waals surface area contributed by atoms with Crippen molar-refractivity contribution in [1.29, 1.82) is 0 Å². The van der Waals surface area contributed by atoms with Gasteiger partial charge in [0.05, 0.1) is 18.4 Å². The number of alkyl halides is 2. The summed E-state index contributed by atoms with van der Waals surface area (Å²) in [7, 11) is 0. The molecule has 0 aliphatic rings. The van der Waals surface area contributed by atoms with Crippen LogP contribution in [0.5, 0.6) is 0 Å². The zero-order valence-corrected chi connectivity index (χ0v) is 8.89. The maximum atomic E-state index is 13.2. The van der Waals surface area contributed by atoms with E-state index in [0.29, 0.717) is 6.20 Å². The summed E-state index contributed by atoms with van der Waals surface area (Å²) in [4.78, 5) is 14.5. The van der Waals surface area contributed by atoms with Crippen LogP contribution in [0.3, 0.4) is 0 Å². The standard InChI is InChI=1S/C9H7ClF3NO2/c1-2-16-9(15)5-4(11)3-14-7(10)6(5)8(12)13/h3,8H,2H2,1H3. The predicted molar refractivity (Wildman–Crippen MR) is 50.1 cm³/mol. The Kier molecular flexibility index (Phi) is 4.12. The minimum atomic E-state index is -3.10. The van der Waals surface area contributed by atoms with Crippen molar-refractivity contribution < 1.29 is 22.7 Å². The lowest BCUT2D eigenvalue weighted by atomic mass is 10.1. The van der Waals surface area contributed by atoms with E-state index in [1.54, 1.807) is 0 Å². The molecule has 0 atom stereocenters. The van der Waals surface area contributed by atoms with Crippen LogP contribution in [0.4, 0.5) is 13.2 Å². The molecule has 7 heteroatoms. The first-order valence-corrected chi connectivity index (χ1v) is 4.66. The summed E-state index contributed by atoms with van der Waals surface area (Å²) in [6, 6.07) is 0. The van der Waals surface area contributed by atoms with Crippen LogP contribution in [0.25, 0.3) is 0 Å². The van der Waals surface area contributed by atoms with E-state index >= 15 is 0 Å². The van der Waals surface area contributed by atoms with E-state index in [9.17, 15) is 18.0 Å². The van der Waals surface area contributed by atoms with Gasteiger partial charge in [0.2, 0.25) is 0 Å². The monoisotopic (exact) mass is 253 g/mol. The van der Waals surface area contributed by atoms with Crippen LogP contribution in [0, 0.1) is 5.82 Å². The van der Waals surface area contributed by atoms with Crippen LogP contribution in [-0.4, -0.2) is 17.6 Å². The third-order valence-electron chi connectivity index (χ3n) is 1.72. The van der Waals surface area contributed by atoms with Crippen molar-refractivity contribution >= 4 is 17.6 Å². The summed E-state index contributed by atoms with van der Waals surface area (Å²) in [5.74, 6) is -2.36. The number of nitrogens with zero attached hydrogens (tertiary/aromatic N) is 1. The molecule has 16 heavy (non-hydrogen) atoms. The van der Waals surface area contributed by atoms with Crippen molar-refractivity contribution in [2.24, 2.45) is 0 Å². The van der Waals surface area contributed by atoms with Gasteiger partial charge in [0.15, 0.2) is 5.82 Å². The van der Waals surface area contributed by atoms with Crippen LogP contribution in [0.2, 0.25) is 5.15 Å². The lowest BCUT2D eigenvalue weighted by molar-refractivity contribution is 0.0509. The normalized spacial score (nSPS) is 10.6. The molecule has 1 aromatic rings. The van der Waals surface area contributed by atoms with Crippen molar-refractivity contribution in [3.8, 4) is 0 Å². The highest BCUT2D eigenvalue weighted by atomic mass is 35.5. The average Bonchev–Trinajstić information content (AvgIpc) is 2.20. The Balaban J connectivity index is 3.34. The maximum Gasteiger partial charge on any atom is 0.341 e. The summed E-state index contributed by atoms with van der Waals surface area (Å²) in [5, 5.41) is -0.612. The Labute approximate surface area is 94.2 Å². The first-order valence-electron chi connectivity index (χ1n) is 4.28. The van der Waals surface area contributed by atoms with Gasteiger partial charge in [0, 0.05) is 0 Å². The summed E-state index contributed by atoms with van der Waals surface area (Å²) in [6.45, 7) is 1.42. The molecule has 0 radical (unpaired) electrons. The molecule has 0 bridgehead atoms. The van der Waals surface area contributed by atoms with E-state index in [-0.39, 0.29) is 6.61 Å². The summed E-state index contributed by atoms with van der Waals surface area (Å²) >= 11 is 5.38. The highest BCUT2D eigenvalue weighted by Crippen LogP contribution is 2.30. The highest BCUT2D eigenvalue weighted by molar-refractivity contribution is 6.30. The lowest BCUT2D eigenvalue weighted by Gasteiger charge is -2.09. The molecular formula is C9H7ClF3NO2. The average molecular weight is 254 g/mol. The molecule has 0 aromatic carbocycles. The molecule has 1 heterocycles. The van der Waals surface area contributed by atoms with Crippen LogP contribution >= 0.6 is 11.6 Å². The molecule has 1 aromatic heterocycles. The zero-order valence-electron chi connectivity index (χ0n) is 8.14. The van der Waals surface area contributed by atoms with Gasteiger partial charge >= 0.3 is 5.97 Å². The van der Waals surface area contributed by atoms with Gasteiger partial charge in [-0.1, -0.05) is 11.6 Å². The SMILES string of the molecule is CCOC(=O)c1c(F)cnc(Cl)c1C(F)F. The largest absolute Gasteiger partial charge is 0.462 e. The fourth-order valence-electron chi connectivity index (χ4n) is 1.09. The fraction of sp³-hybridized carbons (Fsp3) is 0.333. The molecule has 0 unspecified atom stereocenters. The number of hydrogen-bond donors (Lipinski definition) is 0. The molecule has 0 amide bonds. The van der Waals surface area contributed by atoms with Crippen LogP contribution < -0.4 is 0 Å². The lowest BCUT2D eigenvalue weighted by Crippen LogP contribution is -2.12. The van der Waals surface area contributed by atoms with Crippen molar-refractivity contribution in [3.05, 3.63) is 28.3 Å². The number of carbonyl (C=O) groups is 1. The first kappa shape index (κ1) is 12.8. The second kappa shape index (κ2) is 5.16. The highest BCUT2D eigenvalue weighted by Gasteiger charge is 2.27. The van der Waals surface area contributed by atoms with Gasteiger partial charge < -0.3 is 4.74 Å². The molecule has 1 rings (SSSR count). The van der Waals surface area contributed by atoms with Gasteiger partial charge in [0.25, 0.3) is 6.43 Å². The second-order valence-electron chi connectivity index (χ2n) is 2.71. The van der Waals surface area contributed by atoms with Crippen molar-refractivity contribution in [3.63, 3.8) is 0 Å². The minimum absolute atomic E-state index is 0.0547. The minimum Gasteiger partial charge on any atom is -0.462 e. The van der Waals surface area contributed by atoms with E-state index in [1.807, 2.05) is 0 Å². The molecule has 0 saturated heterocycles. The number of aromatic nitrogens is 1. The molecule has 0 saturated carbocycles.